The summed E-state index contributed by atoms with van der Waals surface area (Å²) in [6.45, 7) is -0.611. The van der Waals surface area contributed by atoms with E-state index in [1.165, 1.54) is 0 Å². The molecular formula is C12H11N3O5. The quantitative estimate of drug-likeness (QED) is 0.796. The first-order valence-electron chi connectivity index (χ1n) is 5.63. The van der Waals surface area contributed by atoms with Crippen LogP contribution < -0.4 is 4.74 Å². The molecule has 0 amide bonds. The van der Waals surface area contributed by atoms with Gasteiger partial charge in [-0.2, -0.15) is 0 Å². The number of carboxylic acids is 2. The summed E-state index contributed by atoms with van der Waals surface area (Å²) in [5.74, 6) is -1.90. The number of hydrogen-bond acceptors (Lipinski definition) is 5. The maximum Gasteiger partial charge on any atom is 0.358 e. The molecule has 0 aliphatic heterocycles. The first kappa shape index (κ1) is 13.5. The third-order valence-electron chi connectivity index (χ3n) is 2.44. The summed E-state index contributed by atoms with van der Waals surface area (Å²) < 4.78 is 6.40. The number of benzene rings is 1. The van der Waals surface area contributed by atoms with Gasteiger partial charge in [-0.15, -0.1) is 5.10 Å². The molecule has 8 nitrogen and oxygen atoms in total. The van der Waals surface area contributed by atoms with E-state index < -0.39 is 18.5 Å². The minimum absolute atomic E-state index is 0.101. The zero-order chi connectivity index (χ0) is 14.5. The predicted molar refractivity (Wildman–Crippen MR) is 65.4 cm³/mol. The molecule has 104 valence electrons. The molecule has 1 aromatic heterocycles. The number of carbonyl (C=O) groups is 2. The van der Waals surface area contributed by atoms with Gasteiger partial charge >= 0.3 is 11.9 Å². The minimum Gasteiger partial charge on any atom is -0.487 e. The highest BCUT2D eigenvalue weighted by Gasteiger charge is 2.20. The van der Waals surface area contributed by atoms with Crippen LogP contribution in [0.4, 0.5) is 0 Å². The van der Waals surface area contributed by atoms with Crippen molar-refractivity contribution in [3.63, 3.8) is 0 Å². The first-order chi connectivity index (χ1) is 9.58. The maximum absolute atomic E-state index is 11.0. The predicted octanol–water partition coefficient (Wildman–Crippen LogP) is 0.640. The fourth-order valence-corrected chi connectivity index (χ4v) is 1.57. The molecule has 1 heterocycles. The van der Waals surface area contributed by atoms with Crippen LogP contribution in [0.5, 0.6) is 5.75 Å². The second-order valence-electron chi connectivity index (χ2n) is 3.84. The Morgan fingerprint density at radius 1 is 1.20 bits per heavy atom. The van der Waals surface area contributed by atoms with E-state index in [0.717, 1.165) is 4.68 Å². The van der Waals surface area contributed by atoms with Crippen LogP contribution in [0.1, 0.15) is 16.2 Å². The van der Waals surface area contributed by atoms with Gasteiger partial charge in [-0.1, -0.05) is 23.4 Å². The molecule has 0 atom stereocenters. The van der Waals surface area contributed by atoms with Crippen LogP contribution >= 0.6 is 0 Å². The number of carboxylic acid groups (broad SMARTS) is 2. The van der Waals surface area contributed by atoms with Gasteiger partial charge in [0.05, 0.1) is 0 Å². The van der Waals surface area contributed by atoms with Gasteiger partial charge in [-0.05, 0) is 12.1 Å². The highest BCUT2D eigenvalue weighted by atomic mass is 16.5. The van der Waals surface area contributed by atoms with Crippen LogP contribution in [0, 0.1) is 0 Å². The molecule has 0 saturated heterocycles. The van der Waals surface area contributed by atoms with Crippen LogP contribution in [-0.4, -0.2) is 37.1 Å². The molecule has 20 heavy (non-hydrogen) atoms. The van der Waals surface area contributed by atoms with Crippen molar-refractivity contribution in [3.8, 4) is 5.75 Å². The van der Waals surface area contributed by atoms with E-state index in [4.69, 9.17) is 14.9 Å². The Balaban J connectivity index is 2.21. The van der Waals surface area contributed by atoms with Gasteiger partial charge in [0.2, 0.25) is 0 Å². The van der Waals surface area contributed by atoms with Crippen LogP contribution in [0.15, 0.2) is 30.3 Å². The lowest BCUT2D eigenvalue weighted by molar-refractivity contribution is -0.138. The number of para-hydroxylation sites is 1. The molecule has 0 aliphatic rings. The summed E-state index contributed by atoms with van der Waals surface area (Å²) in [5, 5.41) is 24.7. The average Bonchev–Trinajstić information content (AvgIpc) is 2.80. The Morgan fingerprint density at radius 3 is 2.50 bits per heavy atom. The molecule has 8 heteroatoms. The topological polar surface area (TPSA) is 115 Å². The molecule has 0 spiro atoms. The molecule has 0 saturated carbocycles. The molecule has 0 fully saturated rings. The lowest BCUT2D eigenvalue weighted by Crippen LogP contribution is -2.16. The molecule has 0 radical (unpaired) electrons. The fourth-order valence-electron chi connectivity index (χ4n) is 1.57. The van der Waals surface area contributed by atoms with Crippen molar-refractivity contribution in [1.29, 1.82) is 0 Å². The molecule has 2 aromatic rings. The SMILES string of the molecule is O=C(O)Cn1nnc(C(=O)O)c1COc1ccccc1. The Labute approximate surface area is 113 Å². The van der Waals surface area contributed by atoms with E-state index in [1.54, 1.807) is 24.3 Å². The monoisotopic (exact) mass is 277 g/mol. The van der Waals surface area contributed by atoms with E-state index in [-0.39, 0.29) is 18.0 Å². The summed E-state index contributed by atoms with van der Waals surface area (Å²) in [6.07, 6.45) is 0. The Morgan fingerprint density at radius 2 is 1.90 bits per heavy atom. The summed E-state index contributed by atoms with van der Waals surface area (Å²) in [6, 6.07) is 8.74. The lowest BCUT2D eigenvalue weighted by atomic mass is 10.3. The molecule has 0 aliphatic carbocycles. The Bertz CT molecular complexity index is 623. The van der Waals surface area contributed by atoms with E-state index in [2.05, 4.69) is 10.3 Å². The Kier molecular flexibility index (Phi) is 3.94. The largest absolute Gasteiger partial charge is 0.487 e. The summed E-state index contributed by atoms with van der Waals surface area (Å²) in [5.41, 5.74) is -0.217. The first-order valence-corrected chi connectivity index (χ1v) is 5.63. The summed E-state index contributed by atoms with van der Waals surface area (Å²) in [4.78, 5) is 21.7. The number of hydrogen-bond donors (Lipinski definition) is 2. The van der Waals surface area contributed by atoms with Gasteiger partial charge in [0.1, 0.15) is 24.6 Å². The van der Waals surface area contributed by atoms with Crippen LogP contribution in [0.2, 0.25) is 0 Å². The van der Waals surface area contributed by atoms with Crippen LogP contribution in [-0.2, 0) is 17.9 Å². The van der Waals surface area contributed by atoms with Crippen molar-refractivity contribution in [2.45, 2.75) is 13.2 Å². The van der Waals surface area contributed by atoms with Crippen molar-refractivity contribution >= 4 is 11.9 Å². The highest BCUT2D eigenvalue weighted by Crippen LogP contribution is 2.13. The lowest BCUT2D eigenvalue weighted by Gasteiger charge is -2.07. The van der Waals surface area contributed by atoms with E-state index in [1.807, 2.05) is 6.07 Å². The molecular weight excluding hydrogens is 266 g/mol. The van der Waals surface area contributed by atoms with Crippen molar-refractivity contribution in [1.82, 2.24) is 15.0 Å². The smallest absolute Gasteiger partial charge is 0.358 e. The number of aromatic nitrogens is 3. The van der Waals surface area contributed by atoms with Crippen molar-refractivity contribution < 1.29 is 24.5 Å². The van der Waals surface area contributed by atoms with Gasteiger partial charge in [0, 0.05) is 0 Å². The number of nitrogens with zero attached hydrogens (tertiary/aromatic N) is 3. The zero-order valence-corrected chi connectivity index (χ0v) is 10.3. The standard InChI is InChI=1S/C12H11N3O5/c16-10(17)6-15-9(11(12(18)19)13-14-15)7-20-8-4-2-1-3-5-8/h1-5H,6-7H2,(H,16,17)(H,18,19). The minimum atomic E-state index is -1.28. The van der Waals surface area contributed by atoms with Gasteiger partial charge in [-0.3, -0.25) is 4.79 Å². The van der Waals surface area contributed by atoms with Gasteiger partial charge in [-0.25, -0.2) is 9.48 Å². The van der Waals surface area contributed by atoms with E-state index >= 15 is 0 Å². The Hall–Kier alpha value is -2.90. The second kappa shape index (κ2) is 5.83. The van der Waals surface area contributed by atoms with Crippen LogP contribution in [0.25, 0.3) is 0 Å². The zero-order valence-electron chi connectivity index (χ0n) is 10.3. The average molecular weight is 277 g/mol. The van der Waals surface area contributed by atoms with Gasteiger partial charge in [0.15, 0.2) is 5.69 Å². The van der Waals surface area contributed by atoms with Crippen LogP contribution in [0.3, 0.4) is 0 Å². The third-order valence-corrected chi connectivity index (χ3v) is 2.44. The van der Waals surface area contributed by atoms with Crippen molar-refractivity contribution in [2.75, 3.05) is 0 Å². The van der Waals surface area contributed by atoms with E-state index in [0.29, 0.717) is 5.75 Å². The number of ether oxygens (including phenoxy) is 1. The summed E-state index contributed by atoms with van der Waals surface area (Å²) >= 11 is 0. The maximum atomic E-state index is 11.0. The number of rotatable bonds is 6. The van der Waals surface area contributed by atoms with Crippen molar-refractivity contribution in [3.05, 3.63) is 41.7 Å². The van der Waals surface area contributed by atoms with Gasteiger partial charge < -0.3 is 14.9 Å². The second-order valence-corrected chi connectivity index (χ2v) is 3.84. The third kappa shape index (κ3) is 3.10. The number of aliphatic carboxylic acids is 1. The summed E-state index contributed by atoms with van der Waals surface area (Å²) in [7, 11) is 0. The van der Waals surface area contributed by atoms with Crippen molar-refractivity contribution in [2.24, 2.45) is 0 Å². The molecule has 2 rings (SSSR count). The van der Waals surface area contributed by atoms with E-state index in [9.17, 15) is 9.59 Å². The van der Waals surface area contributed by atoms with Gasteiger partial charge in [0.25, 0.3) is 0 Å². The normalized spacial score (nSPS) is 10.2. The molecule has 1 aromatic carbocycles. The number of aromatic carboxylic acids is 1. The highest BCUT2D eigenvalue weighted by molar-refractivity contribution is 5.86. The molecule has 2 N–H and O–H groups in total. The molecule has 0 bridgehead atoms. The molecule has 0 unspecified atom stereocenters. The fraction of sp³-hybridized carbons (Fsp3) is 0.167.